The molecule has 0 amide bonds. The maximum atomic E-state index is 10.8. The molecule has 0 heterocycles. The molecule has 6 nitrogen and oxygen atoms in total. The molecule has 2 aromatic rings. The molecule has 0 radical (unpaired) electrons. The van der Waals surface area contributed by atoms with Crippen LogP contribution in [0.4, 0.5) is 0 Å². The van der Waals surface area contributed by atoms with Gasteiger partial charge in [0.05, 0.1) is 11.1 Å². The zero-order valence-electron chi connectivity index (χ0n) is 12.7. The van der Waals surface area contributed by atoms with Crippen molar-refractivity contribution in [2.24, 2.45) is 0 Å². The number of carboxylic acids is 2. The summed E-state index contributed by atoms with van der Waals surface area (Å²) in [7, 11) is 0. The summed E-state index contributed by atoms with van der Waals surface area (Å²) in [5.41, 5.74) is 1.24. The number of carbonyl (C=O) groups is 2. The fourth-order valence-corrected chi connectivity index (χ4v) is 1.62. The van der Waals surface area contributed by atoms with E-state index >= 15 is 0 Å². The van der Waals surface area contributed by atoms with Crippen molar-refractivity contribution in [1.29, 1.82) is 0 Å². The largest absolute Gasteiger partial charge is 2.00 e. The summed E-state index contributed by atoms with van der Waals surface area (Å²) in [6, 6.07) is 8.44. The standard InChI is InChI=1S/2C8H8O3.Mg/c2*1-5-2-3-7(9)6(4-5)8(10)11;/h2*2-4,9H,1H3,(H,10,11);/q;;+2/p-2. The summed E-state index contributed by atoms with van der Waals surface area (Å²) < 4.78 is 0. The van der Waals surface area contributed by atoms with Crippen LogP contribution in [0.25, 0.3) is 0 Å². The third kappa shape index (κ3) is 6.17. The van der Waals surface area contributed by atoms with Crippen molar-refractivity contribution in [3.63, 3.8) is 0 Å². The van der Waals surface area contributed by atoms with E-state index in [1.165, 1.54) is 24.3 Å². The van der Waals surface area contributed by atoms with Gasteiger partial charge in [-0.1, -0.05) is 46.9 Å². The van der Waals surface area contributed by atoms with Gasteiger partial charge in [-0.3, -0.25) is 0 Å². The van der Waals surface area contributed by atoms with Crippen molar-refractivity contribution < 1.29 is 30.0 Å². The molecule has 2 N–H and O–H groups in total. The zero-order valence-corrected chi connectivity index (χ0v) is 14.1. The van der Waals surface area contributed by atoms with Crippen molar-refractivity contribution in [1.82, 2.24) is 0 Å². The molecule has 0 aliphatic heterocycles. The van der Waals surface area contributed by atoms with Gasteiger partial charge in [-0.2, -0.15) is 0 Å². The Labute approximate surface area is 149 Å². The fraction of sp³-hybridized carbons (Fsp3) is 0.125. The maximum absolute atomic E-state index is 10.8. The summed E-state index contributed by atoms with van der Waals surface area (Å²) >= 11 is 0. The Morgan fingerprint density at radius 2 is 1.09 bits per heavy atom. The maximum Gasteiger partial charge on any atom is 2.00 e. The summed E-state index contributed by atoms with van der Waals surface area (Å²) in [4.78, 5) is 20.7. The fourth-order valence-electron chi connectivity index (χ4n) is 1.62. The van der Waals surface area contributed by atoms with E-state index in [2.05, 4.69) is 0 Å². The van der Waals surface area contributed by atoms with E-state index in [9.17, 15) is 19.8 Å². The number of aryl methyl sites for hydroxylation is 2. The number of rotatable bonds is 2. The van der Waals surface area contributed by atoms with Crippen molar-refractivity contribution in [2.75, 3.05) is 0 Å². The average molecular weight is 327 g/mol. The van der Waals surface area contributed by atoms with Crippen LogP contribution in [-0.2, 0) is 0 Å². The van der Waals surface area contributed by atoms with E-state index in [1.54, 1.807) is 26.0 Å². The van der Waals surface area contributed by atoms with Crippen LogP contribution in [0.1, 0.15) is 31.8 Å². The van der Waals surface area contributed by atoms with Gasteiger partial charge in [0.25, 0.3) is 0 Å². The molecule has 0 saturated carbocycles. The molecular formula is C16H14MgO6. The van der Waals surface area contributed by atoms with E-state index in [4.69, 9.17) is 10.2 Å². The van der Waals surface area contributed by atoms with Gasteiger partial charge < -0.3 is 20.4 Å². The SMILES string of the molecule is Cc1ccc([O-])c(C(=O)O)c1.Cc1ccc([O-])c(C(=O)O)c1.[Mg+2]. The third-order valence-electron chi connectivity index (χ3n) is 2.73. The number of benzene rings is 2. The molecule has 0 aliphatic carbocycles. The first-order chi connectivity index (χ1) is 10.2. The first-order valence-corrected chi connectivity index (χ1v) is 6.24. The first kappa shape index (κ1) is 20.7. The minimum atomic E-state index is -1.17. The molecule has 0 spiro atoms. The molecule has 0 saturated heterocycles. The number of hydrogen-bond acceptors (Lipinski definition) is 4. The van der Waals surface area contributed by atoms with Crippen molar-refractivity contribution in [3.05, 3.63) is 58.7 Å². The van der Waals surface area contributed by atoms with Gasteiger partial charge in [-0.25, -0.2) is 9.59 Å². The van der Waals surface area contributed by atoms with Crippen LogP contribution in [-0.4, -0.2) is 45.2 Å². The molecule has 0 bridgehead atoms. The molecule has 0 unspecified atom stereocenters. The van der Waals surface area contributed by atoms with E-state index < -0.39 is 23.4 Å². The summed E-state index contributed by atoms with van der Waals surface area (Å²) in [6.45, 7) is 3.48. The predicted molar refractivity (Wildman–Crippen MR) is 80.9 cm³/mol. The number of aromatic carboxylic acids is 2. The molecule has 2 aromatic carbocycles. The molecule has 0 fully saturated rings. The van der Waals surface area contributed by atoms with Gasteiger partial charge in [0.15, 0.2) is 0 Å². The van der Waals surface area contributed by atoms with Crippen LogP contribution in [0.3, 0.4) is 0 Å². The van der Waals surface area contributed by atoms with Gasteiger partial charge in [-0.05, 0) is 26.0 Å². The third-order valence-corrected chi connectivity index (χ3v) is 2.73. The van der Waals surface area contributed by atoms with Gasteiger partial charge in [0, 0.05) is 0 Å². The summed E-state index contributed by atoms with van der Waals surface area (Å²) in [6.07, 6.45) is 0. The molecule has 7 heteroatoms. The molecule has 0 aromatic heterocycles. The zero-order chi connectivity index (χ0) is 16.9. The summed E-state index contributed by atoms with van der Waals surface area (Å²) in [5, 5.41) is 38.6. The van der Waals surface area contributed by atoms with Crippen molar-refractivity contribution in [3.8, 4) is 11.5 Å². The smallest absolute Gasteiger partial charge is 0.872 e. The van der Waals surface area contributed by atoms with Crippen molar-refractivity contribution in [2.45, 2.75) is 13.8 Å². The van der Waals surface area contributed by atoms with Crippen LogP contribution >= 0.6 is 0 Å². The van der Waals surface area contributed by atoms with E-state index in [0.29, 0.717) is 0 Å². The minimum absolute atomic E-state index is 0. The number of hydrogen-bond donors (Lipinski definition) is 2. The molecule has 2 rings (SSSR count). The van der Waals surface area contributed by atoms with Gasteiger partial charge in [-0.15, -0.1) is 0 Å². The van der Waals surface area contributed by atoms with Crippen LogP contribution in [0, 0.1) is 13.8 Å². The van der Waals surface area contributed by atoms with Crippen molar-refractivity contribution >= 4 is 35.0 Å². The topological polar surface area (TPSA) is 121 Å². The Bertz CT molecular complexity index is 650. The molecule has 0 aliphatic rings. The number of carboxylic acid groups (broad SMARTS) is 2. The second-order valence-corrected chi connectivity index (χ2v) is 4.61. The van der Waals surface area contributed by atoms with E-state index in [0.717, 1.165) is 11.1 Å². The second-order valence-electron chi connectivity index (χ2n) is 4.61. The normalized spacial score (nSPS) is 9.13. The Hall–Kier alpha value is -2.25. The Morgan fingerprint density at radius 3 is 1.30 bits per heavy atom. The molecule has 0 atom stereocenters. The van der Waals surface area contributed by atoms with Gasteiger partial charge in [0.1, 0.15) is 0 Å². The average Bonchev–Trinajstić information content (AvgIpc) is 2.44. The minimum Gasteiger partial charge on any atom is -0.872 e. The molecule has 116 valence electrons. The quantitative estimate of drug-likeness (QED) is 0.799. The van der Waals surface area contributed by atoms with Gasteiger partial charge >= 0.3 is 35.0 Å². The predicted octanol–water partition coefficient (Wildman–Crippen LogP) is 1.15. The first-order valence-electron chi connectivity index (χ1n) is 6.24. The van der Waals surface area contributed by atoms with Crippen LogP contribution < -0.4 is 10.2 Å². The van der Waals surface area contributed by atoms with Crippen LogP contribution in [0.15, 0.2) is 36.4 Å². The monoisotopic (exact) mass is 326 g/mol. The van der Waals surface area contributed by atoms with Gasteiger partial charge in [0.2, 0.25) is 0 Å². The summed E-state index contributed by atoms with van der Waals surface area (Å²) in [5.74, 6) is -3.22. The van der Waals surface area contributed by atoms with Crippen LogP contribution in [0.5, 0.6) is 11.5 Å². The van der Waals surface area contributed by atoms with E-state index in [1.807, 2.05) is 0 Å². The second kappa shape index (κ2) is 9.01. The Kier molecular flexibility index (Phi) is 8.13. The Morgan fingerprint density at radius 1 is 0.783 bits per heavy atom. The molecule has 23 heavy (non-hydrogen) atoms. The molecular weight excluding hydrogens is 312 g/mol. The Balaban J connectivity index is 0.000000403. The van der Waals surface area contributed by atoms with Crippen LogP contribution in [0.2, 0.25) is 0 Å². The van der Waals surface area contributed by atoms with E-state index in [-0.39, 0.29) is 34.2 Å².